The molecule has 0 fully saturated rings. The first-order valence-corrected chi connectivity index (χ1v) is 7.86. The summed E-state index contributed by atoms with van der Waals surface area (Å²) in [6.45, 7) is 0.0442. The highest BCUT2D eigenvalue weighted by Gasteiger charge is 2.08. The van der Waals surface area contributed by atoms with Crippen molar-refractivity contribution in [3.8, 4) is 0 Å². The third-order valence-corrected chi connectivity index (χ3v) is 3.80. The van der Waals surface area contributed by atoms with Crippen LogP contribution in [0.5, 0.6) is 0 Å². The highest BCUT2D eigenvalue weighted by atomic mass is 19.1. The van der Waals surface area contributed by atoms with E-state index in [2.05, 4.69) is 10.3 Å². The number of nitrogens with one attached hydrogen (secondary N) is 1. The minimum absolute atomic E-state index is 0.0442. The summed E-state index contributed by atoms with van der Waals surface area (Å²) in [5, 5.41) is 13.6. The molecule has 4 nitrogen and oxygen atoms in total. The van der Waals surface area contributed by atoms with Gasteiger partial charge in [-0.1, -0.05) is 36.4 Å². The molecule has 1 amide bonds. The fraction of sp³-hybridized carbons (Fsp3) is 0.100. The molecule has 1 aromatic heterocycles. The van der Waals surface area contributed by atoms with E-state index in [1.165, 1.54) is 30.3 Å². The summed E-state index contributed by atoms with van der Waals surface area (Å²) in [6, 6.07) is 15.1. The average molecular weight is 336 g/mol. The van der Waals surface area contributed by atoms with Gasteiger partial charge in [0.25, 0.3) is 0 Å². The molecule has 1 unspecified atom stereocenters. The van der Waals surface area contributed by atoms with Gasteiger partial charge in [-0.2, -0.15) is 0 Å². The third kappa shape index (κ3) is 4.28. The number of aromatic nitrogens is 1. The van der Waals surface area contributed by atoms with Crippen molar-refractivity contribution in [1.82, 2.24) is 10.3 Å². The van der Waals surface area contributed by atoms with E-state index in [4.69, 9.17) is 0 Å². The molecule has 0 radical (unpaired) electrons. The van der Waals surface area contributed by atoms with E-state index in [0.717, 1.165) is 16.5 Å². The number of fused-ring (bicyclic) bond motifs is 1. The van der Waals surface area contributed by atoms with Crippen molar-refractivity contribution in [2.45, 2.75) is 6.10 Å². The molecule has 25 heavy (non-hydrogen) atoms. The zero-order chi connectivity index (χ0) is 17.6. The van der Waals surface area contributed by atoms with Gasteiger partial charge in [0.1, 0.15) is 5.82 Å². The Kier molecular flexibility index (Phi) is 5.16. The number of halogens is 1. The van der Waals surface area contributed by atoms with E-state index in [0.29, 0.717) is 5.56 Å². The molecular formula is C20H17FN2O2. The van der Waals surface area contributed by atoms with Gasteiger partial charge in [0.15, 0.2) is 0 Å². The molecule has 1 atom stereocenters. The summed E-state index contributed by atoms with van der Waals surface area (Å²) in [6.07, 6.45) is 3.91. The highest BCUT2D eigenvalue weighted by molar-refractivity contribution is 5.95. The number of aliphatic hydroxyl groups is 1. The molecule has 0 saturated carbocycles. The molecule has 2 aromatic carbocycles. The number of hydrogen-bond acceptors (Lipinski definition) is 3. The van der Waals surface area contributed by atoms with Gasteiger partial charge in [-0.25, -0.2) is 4.39 Å². The lowest BCUT2D eigenvalue weighted by molar-refractivity contribution is -0.116. The lowest BCUT2D eigenvalue weighted by atomic mass is 10.1. The number of carbonyl (C=O) groups excluding carboxylic acids is 1. The van der Waals surface area contributed by atoms with E-state index in [-0.39, 0.29) is 18.3 Å². The second kappa shape index (κ2) is 7.68. The van der Waals surface area contributed by atoms with E-state index in [1.807, 2.05) is 30.3 Å². The predicted molar refractivity (Wildman–Crippen MR) is 95.1 cm³/mol. The smallest absolute Gasteiger partial charge is 0.244 e. The van der Waals surface area contributed by atoms with Crippen LogP contribution in [0.2, 0.25) is 0 Å². The van der Waals surface area contributed by atoms with Crippen LogP contribution >= 0.6 is 0 Å². The number of para-hydroxylation sites is 1. The first-order chi connectivity index (χ1) is 12.1. The van der Waals surface area contributed by atoms with Crippen molar-refractivity contribution in [1.29, 1.82) is 0 Å². The Morgan fingerprint density at radius 2 is 1.92 bits per heavy atom. The molecule has 0 aliphatic carbocycles. The molecule has 0 saturated heterocycles. The molecule has 3 rings (SSSR count). The summed E-state index contributed by atoms with van der Waals surface area (Å²) >= 11 is 0. The monoisotopic (exact) mass is 336 g/mol. The van der Waals surface area contributed by atoms with Gasteiger partial charge in [-0.15, -0.1) is 0 Å². The largest absolute Gasteiger partial charge is 0.387 e. The van der Waals surface area contributed by atoms with E-state index >= 15 is 0 Å². The quantitative estimate of drug-likeness (QED) is 0.703. The zero-order valence-corrected chi connectivity index (χ0v) is 13.4. The number of carbonyl (C=O) groups is 1. The van der Waals surface area contributed by atoms with Gasteiger partial charge >= 0.3 is 0 Å². The zero-order valence-electron chi connectivity index (χ0n) is 13.4. The van der Waals surface area contributed by atoms with Crippen LogP contribution in [0.3, 0.4) is 0 Å². The lowest BCUT2D eigenvalue weighted by Gasteiger charge is -2.11. The molecule has 2 N–H and O–H groups in total. The van der Waals surface area contributed by atoms with Crippen molar-refractivity contribution in [3.05, 3.63) is 83.8 Å². The fourth-order valence-corrected chi connectivity index (χ4v) is 2.49. The number of benzene rings is 2. The van der Waals surface area contributed by atoms with Crippen molar-refractivity contribution in [2.75, 3.05) is 6.54 Å². The first kappa shape index (κ1) is 16.8. The molecule has 5 heteroatoms. The Bertz CT molecular complexity index is 902. The minimum Gasteiger partial charge on any atom is -0.387 e. The van der Waals surface area contributed by atoms with Crippen molar-refractivity contribution in [3.63, 3.8) is 0 Å². The van der Waals surface area contributed by atoms with Crippen LogP contribution in [0, 0.1) is 5.82 Å². The average Bonchev–Trinajstić information content (AvgIpc) is 2.65. The molecule has 3 aromatic rings. The Balaban J connectivity index is 1.62. The van der Waals surface area contributed by atoms with Gasteiger partial charge in [0.05, 0.1) is 11.6 Å². The SMILES string of the molecule is O=C(/C=C/c1cccc2cccnc12)NCC(O)c1ccc(F)cc1. The van der Waals surface area contributed by atoms with Crippen molar-refractivity contribution < 1.29 is 14.3 Å². The number of pyridine rings is 1. The van der Waals surface area contributed by atoms with E-state index in [1.54, 1.807) is 12.3 Å². The van der Waals surface area contributed by atoms with Crippen LogP contribution < -0.4 is 5.32 Å². The second-order valence-electron chi connectivity index (χ2n) is 5.57. The Morgan fingerprint density at radius 3 is 2.72 bits per heavy atom. The van der Waals surface area contributed by atoms with Crippen LogP contribution in [-0.2, 0) is 4.79 Å². The number of amides is 1. The molecule has 126 valence electrons. The topological polar surface area (TPSA) is 62.2 Å². The number of rotatable bonds is 5. The number of aliphatic hydroxyl groups excluding tert-OH is 1. The Morgan fingerprint density at radius 1 is 1.16 bits per heavy atom. The number of nitrogens with zero attached hydrogens (tertiary/aromatic N) is 1. The number of hydrogen-bond donors (Lipinski definition) is 2. The van der Waals surface area contributed by atoms with Gasteiger partial charge < -0.3 is 10.4 Å². The lowest BCUT2D eigenvalue weighted by Crippen LogP contribution is -2.26. The predicted octanol–water partition coefficient (Wildman–Crippen LogP) is 3.24. The second-order valence-corrected chi connectivity index (χ2v) is 5.57. The Hall–Kier alpha value is -3.05. The minimum atomic E-state index is -0.892. The summed E-state index contributed by atoms with van der Waals surface area (Å²) in [7, 11) is 0. The maximum Gasteiger partial charge on any atom is 0.244 e. The van der Waals surface area contributed by atoms with Crippen molar-refractivity contribution >= 4 is 22.9 Å². The van der Waals surface area contributed by atoms with Crippen LogP contribution in [0.25, 0.3) is 17.0 Å². The van der Waals surface area contributed by atoms with Crippen LogP contribution in [0.4, 0.5) is 4.39 Å². The third-order valence-electron chi connectivity index (χ3n) is 3.80. The molecule has 0 aliphatic rings. The summed E-state index contributed by atoms with van der Waals surface area (Å²) in [5.41, 5.74) is 2.21. The van der Waals surface area contributed by atoms with Gasteiger partial charge in [0, 0.05) is 29.8 Å². The standard InChI is InChI=1S/C20H17FN2O2/c21-17-9-6-14(7-10-17)18(24)13-23-19(25)11-8-16-4-1-3-15-5-2-12-22-20(15)16/h1-12,18,24H,13H2,(H,23,25)/b11-8+. The summed E-state index contributed by atoms with van der Waals surface area (Å²) in [4.78, 5) is 16.3. The summed E-state index contributed by atoms with van der Waals surface area (Å²) < 4.78 is 12.9. The highest BCUT2D eigenvalue weighted by Crippen LogP contribution is 2.17. The van der Waals surface area contributed by atoms with Gasteiger partial charge in [0.2, 0.25) is 5.91 Å². The van der Waals surface area contributed by atoms with Gasteiger partial charge in [-0.3, -0.25) is 9.78 Å². The van der Waals surface area contributed by atoms with Crippen LogP contribution in [-0.4, -0.2) is 22.5 Å². The van der Waals surface area contributed by atoms with E-state index in [9.17, 15) is 14.3 Å². The molecular weight excluding hydrogens is 319 g/mol. The molecule has 0 bridgehead atoms. The van der Waals surface area contributed by atoms with E-state index < -0.39 is 6.10 Å². The van der Waals surface area contributed by atoms with Gasteiger partial charge in [-0.05, 0) is 29.8 Å². The van der Waals surface area contributed by atoms with Crippen LogP contribution in [0.15, 0.2) is 66.9 Å². The molecule has 0 aliphatic heterocycles. The Labute approximate surface area is 144 Å². The fourth-order valence-electron chi connectivity index (χ4n) is 2.49. The maximum atomic E-state index is 12.9. The van der Waals surface area contributed by atoms with Crippen molar-refractivity contribution in [2.24, 2.45) is 0 Å². The maximum absolute atomic E-state index is 12.9. The first-order valence-electron chi connectivity index (χ1n) is 7.86. The molecule has 0 spiro atoms. The normalized spacial score (nSPS) is 12.4. The van der Waals surface area contributed by atoms with Crippen LogP contribution in [0.1, 0.15) is 17.2 Å². The summed E-state index contributed by atoms with van der Waals surface area (Å²) in [5.74, 6) is -0.694. The molecule has 1 heterocycles.